The molecule has 3 heteroatoms. The van der Waals surface area contributed by atoms with E-state index in [1.807, 2.05) is 24.3 Å². The lowest BCUT2D eigenvalue weighted by atomic mass is 9.57. The van der Waals surface area contributed by atoms with Crippen molar-refractivity contribution < 1.29 is 4.79 Å². The van der Waals surface area contributed by atoms with Gasteiger partial charge in [-0.2, -0.15) is 4.99 Å². The standard InChI is InChI=1S/C13H14BrNO/c1-12(2)7-13(8-12,15-9-16)10-3-5-11(14)6-4-10/h3-6H,7-8H2,1-2H3. The largest absolute Gasteiger partial charge is 0.235 e. The van der Waals surface area contributed by atoms with Crippen LogP contribution in [0.2, 0.25) is 0 Å². The van der Waals surface area contributed by atoms with E-state index >= 15 is 0 Å². The molecule has 1 aliphatic carbocycles. The number of benzene rings is 1. The number of aliphatic imine (C=N–C) groups is 1. The van der Waals surface area contributed by atoms with Gasteiger partial charge in [0.2, 0.25) is 6.08 Å². The van der Waals surface area contributed by atoms with Gasteiger partial charge in [-0.15, -0.1) is 0 Å². The highest BCUT2D eigenvalue weighted by atomic mass is 79.9. The molecule has 2 nitrogen and oxygen atoms in total. The van der Waals surface area contributed by atoms with E-state index in [4.69, 9.17) is 0 Å². The molecule has 1 aromatic carbocycles. The highest BCUT2D eigenvalue weighted by Crippen LogP contribution is 2.56. The number of hydrogen-bond donors (Lipinski definition) is 0. The van der Waals surface area contributed by atoms with Crippen LogP contribution in [0.25, 0.3) is 0 Å². The fraction of sp³-hybridized carbons (Fsp3) is 0.462. The summed E-state index contributed by atoms with van der Waals surface area (Å²) in [7, 11) is 0. The van der Waals surface area contributed by atoms with Crippen LogP contribution in [0, 0.1) is 5.41 Å². The van der Waals surface area contributed by atoms with Crippen molar-refractivity contribution in [3.8, 4) is 0 Å². The molecule has 1 aliphatic rings. The van der Waals surface area contributed by atoms with Crippen molar-refractivity contribution in [3.05, 3.63) is 34.3 Å². The van der Waals surface area contributed by atoms with E-state index in [1.165, 1.54) is 0 Å². The molecule has 0 saturated heterocycles. The Balaban J connectivity index is 2.35. The van der Waals surface area contributed by atoms with Gasteiger partial charge in [-0.1, -0.05) is 41.9 Å². The molecule has 0 aromatic heterocycles. The van der Waals surface area contributed by atoms with Gasteiger partial charge in [0, 0.05) is 4.47 Å². The van der Waals surface area contributed by atoms with Crippen LogP contribution in [0.15, 0.2) is 33.7 Å². The smallest absolute Gasteiger partial charge is 0.211 e. The predicted molar refractivity (Wildman–Crippen MR) is 67.0 cm³/mol. The number of halogens is 1. The Morgan fingerprint density at radius 1 is 1.25 bits per heavy atom. The molecule has 0 amide bonds. The summed E-state index contributed by atoms with van der Waals surface area (Å²) in [5.74, 6) is 0. The molecule has 0 aliphatic heterocycles. The second-order valence-electron chi connectivity index (χ2n) is 5.26. The molecule has 0 heterocycles. The zero-order chi connectivity index (χ0) is 11.8. The molecule has 0 spiro atoms. The van der Waals surface area contributed by atoms with Crippen molar-refractivity contribution in [3.63, 3.8) is 0 Å². The molecule has 0 bridgehead atoms. The third kappa shape index (κ3) is 1.98. The minimum absolute atomic E-state index is 0.271. The second kappa shape index (κ2) is 3.83. The lowest BCUT2D eigenvalue weighted by Gasteiger charge is -2.50. The molecule has 0 radical (unpaired) electrons. The minimum Gasteiger partial charge on any atom is -0.211 e. The van der Waals surface area contributed by atoms with Crippen LogP contribution in [0.1, 0.15) is 32.3 Å². The van der Waals surface area contributed by atoms with E-state index in [-0.39, 0.29) is 11.0 Å². The molecular weight excluding hydrogens is 266 g/mol. The molecule has 84 valence electrons. The Kier molecular flexibility index (Phi) is 2.77. The maximum atomic E-state index is 10.6. The minimum atomic E-state index is -0.327. The van der Waals surface area contributed by atoms with Crippen molar-refractivity contribution in [1.29, 1.82) is 0 Å². The predicted octanol–water partition coefficient (Wildman–Crippen LogP) is 3.80. The van der Waals surface area contributed by atoms with Gasteiger partial charge in [-0.25, -0.2) is 4.79 Å². The van der Waals surface area contributed by atoms with Crippen LogP contribution in [-0.2, 0) is 10.3 Å². The van der Waals surface area contributed by atoms with Crippen LogP contribution >= 0.6 is 15.9 Å². The maximum absolute atomic E-state index is 10.6. The summed E-state index contributed by atoms with van der Waals surface area (Å²) < 4.78 is 1.04. The van der Waals surface area contributed by atoms with Gasteiger partial charge in [-0.3, -0.25) is 0 Å². The Hall–Kier alpha value is -0.920. The van der Waals surface area contributed by atoms with E-state index in [2.05, 4.69) is 34.8 Å². The van der Waals surface area contributed by atoms with Gasteiger partial charge < -0.3 is 0 Å². The summed E-state index contributed by atoms with van der Waals surface area (Å²) in [5, 5.41) is 0. The summed E-state index contributed by atoms with van der Waals surface area (Å²) in [6.45, 7) is 4.40. The summed E-state index contributed by atoms with van der Waals surface area (Å²) in [6.07, 6.45) is 3.55. The van der Waals surface area contributed by atoms with Crippen molar-refractivity contribution >= 4 is 22.0 Å². The molecule has 0 N–H and O–H groups in total. The average molecular weight is 280 g/mol. The highest BCUT2D eigenvalue weighted by molar-refractivity contribution is 9.10. The Morgan fingerprint density at radius 3 is 2.25 bits per heavy atom. The number of hydrogen-bond acceptors (Lipinski definition) is 2. The summed E-state index contributed by atoms with van der Waals surface area (Å²) >= 11 is 3.41. The first kappa shape index (κ1) is 11.6. The average Bonchev–Trinajstić information content (AvgIpc) is 2.16. The first-order valence-electron chi connectivity index (χ1n) is 5.33. The van der Waals surface area contributed by atoms with Crippen molar-refractivity contribution in [1.82, 2.24) is 0 Å². The molecule has 1 fully saturated rings. The second-order valence-corrected chi connectivity index (χ2v) is 6.18. The molecule has 2 rings (SSSR count). The van der Waals surface area contributed by atoms with Crippen LogP contribution in [-0.4, -0.2) is 6.08 Å². The first-order chi connectivity index (χ1) is 7.47. The van der Waals surface area contributed by atoms with E-state index in [1.54, 1.807) is 6.08 Å². The number of isocyanates is 1. The number of rotatable bonds is 2. The van der Waals surface area contributed by atoms with Gasteiger partial charge in [-0.05, 0) is 36.0 Å². The SMILES string of the molecule is CC1(C)CC(N=C=O)(c2ccc(Br)cc2)C1. The lowest BCUT2D eigenvalue weighted by Crippen LogP contribution is -2.45. The Labute approximate surface area is 104 Å². The van der Waals surface area contributed by atoms with Gasteiger partial charge in [0.15, 0.2) is 0 Å². The summed E-state index contributed by atoms with van der Waals surface area (Å²) in [6, 6.07) is 8.03. The lowest BCUT2D eigenvalue weighted by molar-refractivity contribution is 0.0639. The summed E-state index contributed by atoms with van der Waals surface area (Å²) in [4.78, 5) is 14.6. The fourth-order valence-electron chi connectivity index (χ4n) is 2.73. The van der Waals surface area contributed by atoms with Crippen molar-refractivity contribution in [2.24, 2.45) is 10.4 Å². The van der Waals surface area contributed by atoms with Crippen molar-refractivity contribution in [2.75, 3.05) is 0 Å². The maximum Gasteiger partial charge on any atom is 0.235 e. The van der Waals surface area contributed by atoms with E-state index in [9.17, 15) is 4.79 Å². The van der Waals surface area contributed by atoms with E-state index in [0.29, 0.717) is 0 Å². The van der Waals surface area contributed by atoms with Gasteiger partial charge >= 0.3 is 0 Å². The third-order valence-electron chi connectivity index (χ3n) is 3.18. The van der Waals surface area contributed by atoms with Crippen LogP contribution in [0.3, 0.4) is 0 Å². The molecule has 1 aromatic rings. The van der Waals surface area contributed by atoms with E-state index in [0.717, 1.165) is 22.9 Å². The molecular formula is C13H14BrNO. The molecule has 16 heavy (non-hydrogen) atoms. The normalized spacial score (nSPS) is 20.7. The highest BCUT2D eigenvalue weighted by Gasteiger charge is 2.50. The molecule has 1 saturated carbocycles. The Bertz CT molecular complexity index is 436. The topological polar surface area (TPSA) is 29.4 Å². The monoisotopic (exact) mass is 279 g/mol. The summed E-state index contributed by atoms with van der Waals surface area (Å²) in [5.41, 5.74) is 1.05. The van der Waals surface area contributed by atoms with Crippen molar-refractivity contribution in [2.45, 2.75) is 32.2 Å². The van der Waals surface area contributed by atoms with Crippen LogP contribution < -0.4 is 0 Å². The number of carbonyl (C=O) groups excluding carboxylic acids is 1. The van der Waals surface area contributed by atoms with Gasteiger partial charge in [0.05, 0.1) is 5.54 Å². The van der Waals surface area contributed by atoms with E-state index < -0.39 is 0 Å². The van der Waals surface area contributed by atoms with Gasteiger partial charge in [0.25, 0.3) is 0 Å². The zero-order valence-corrected chi connectivity index (χ0v) is 11.0. The third-order valence-corrected chi connectivity index (χ3v) is 3.71. The van der Waals surface area contributed by atoms with Crippen LogP contribution in [0.4, 0.5) is 0 Å². The Morgan fingerprint density at radius 2 is 1.81 bits per heavy atom. The molecule has 0 unspecified atom stereocenters. The first-order valence-corrected chi connectivity index (χ1v) is 6.12. The fourth-order valence-corrected chi connectivity index (χ4v) is 2.99. The number of nitrogens with zero attached hydrogens (tertiary/aromatic N) is 1. The van der Waals surface area contributed by atoms with Crippen LogP contribution in [0.5, 0.6) is 0 Å². The quantitative estimate of drug-likeness (QED) is 0.598. The zero-order valence-electron chi connectivity index (χ0n) is 9.46. The molecule has 0 atom stereocenters. The van der Waals surface area contributed by atoms with Gasteiger partial charge in [0.1, 0.15) is 0 Å².